The molecule has 0 unspecified atom stereocenters. The Bertz CT molecular complexity index is 601. The molecule has 0 bridgehead atoms. The second-order valence-electron chi connectivity index (χ2n) is 7.53. The lowest BCUT2D eigenvalue weighted by Gasteiger charge is -2.34. The van der Waals surface area contributed by atoms with Gasteiger partial charge in [0.25, 0.3) is 5.69 Å². The number of piperidine rings is 1. The van der Waals surface area contributed by atoms with Gasteiger partial charge in [-0.3, -0.25) is 14.9 Å². The monoisotopic (exact) mass is 359 g/mol. The number of hydrogen-bond donors (Lipinski definition) is 0. The Morgan fingerprint density at radius 3 is 2.19 bits per heavy atom. The van der Waals surface area contributed by atoms with E-state index in [9.17, 15) is 14.9 Å². The molecule has 2 heterocycles. The van der Waals surface area contributed by atoms with E-state index in [-0.39, 0.29) is 16.5 Å². The average Bonchev–Trinajstić information content (AvgIpc) is 2.96. The van der Waals surface area contributed by atoms with Crippen LogP contribution in [0.2, 0.25) is 0 Å². The molecular formula is C20H29N3O3. The van der Waals surface area contributed by atoms with Crippen LogP contribution in [-0.4, -0.2) is 53.4 Å². The van der Waals surface area contributed by atoms with Crippen LogP contribution in [-0.2, 0) is 11.2 Å². The highest BCUT2D eigenvalue weighted by Gasteiger charge is 2.28. The number of hydrogen-bond acceptors (Lipinski definition) is 4. The standard InChI is InChI=1S/C20H29N3O3/c24-20(22-12-3-1-2-4-13-22)18-10-15-21(16-11-18)14-9-17-5-7-19(8-6-17)23(25)26/h5-8,18H,1-4,9-16H2. The van der Waals surface area contributed by atoms with Crippen molar-refractivity contribution in [1.82, 2.24) is 9.80 Å². The van der Waals surface area contributed by atoms with Crippen LogP contribution in [0.1, 0.15) is 44.1 Å². The van der Waals surface area contributed by atoms with Crippen LogP contribution in [0, 0.1) is 16.0 Å². The fourth-order valence-electron chi connectivity index (χ4n) is 4.02. The summed E-state index contributed by atoms with van der Waals surface area (Å²) in [5, 5.41) is 10.7. The molecule has 2 fully saturated rings. The second-order valence-corrected chi connectivity index (χ2v) is 7.53. The molecule has 142 valence electrons. The zero-order valence-corrected chi connectivity index (χ0v) is 15.4. The van der Waals surface area contributed by atoms with Crippen molar-refractivity contribution in [1.29, 1.82) is 0 Å². The normalized spacial score (nSPS) is 19.9. The summed E-state index contributed by atoms with van der Waals surface area (Å²) in [5.41, 5.74) is 1.26. The summed E-state index contributed by atoms with van der Waals surface area (Å²) in [6.45, 7) is 4.77. The van der Waals surface area contributed by atoms with Gasteiger partial charge in [-0.1, -0.05) is 25.0 Å². The van der Waals surface area contributed by atoms with Crippen molar-refractivity contribution in [2.45, 2.75) is 44.9 Å². The van der Waals surface area contributed by atoms with Gasteiger partial charge >= 0.3 is 0 Å². The molecule has 0 aliphatic carbocycles. The molecule has 1 aromatic rings. The Hall–Kier alpha value is -1.95. The molecule has 3 rings (SSSR count). The highest BCUT2D eigenvalue weighted by Crippen LogP contribution is 2.22. The van der Waals surface area contributed by atoms with E-state index in [1.807, 2.05) is 12.1 Å². The predicted octanol–water partition coefficient (Wildman–Crippen LogP) is 3.25. The molecule has 2 aliphatic rings. The highest BCUT2D eigenvalue weighted by atomic mass is 16.6. The molecular weight excluding hydrogens is 330 g/mol. The average molecular weight is 359 g/mol. The predicted molar refractivity (Wildman–Crippen MR) is 101 cm³/mol. The second kappa shape index (κ2) is 9.12. The first-order chi connectivity index (χ1) is 12.6. The van der Waals surface area contributed by atoms with Gasteiger partial charge in [0, 0.05) is 37.7 Å². The topological polar surface area (TPSA) is 66.7 Å². The SMILES string of the molecule is O=C(C1CCN(CCc2ccc([N+](=O)[O-])cc2)CC1)N1CCCCCC1. The molecule has 1 aromatic carbocycles. The lowest BCUT2D eigenvalue weighted by atomic mass is 9.94. The largest absolute Gasteiger partial charge is 0.342 e. The fraction of sp³-hybridized carbons (Fsp3) is 0.650. The fourth-order valence-corrected chi connectivity index (χ4v) is 4.02. The number of nitrogens with zero attached hydrogens (tertiary/aromatic N) is 3. The van der Waals surface area contributed by atoms with E-state index in [1.54, 1.807) is 12.1 Å². The Labute approximate surface area is 155 Å². The van der Waals surface area contributed by atoms with Gasteiger partial charge in [0.1, 0.15) is 0 Å². The summed E-state index contributed by atoms with van der Waals surface area (Å²) in [5.74, 6) is 0.575. The highest BCUT2D eigenvalue weighted by molar-refractivity contribution is 5.79. The van der Waals surface area contributed by atoms with E-state index in [0.29, 0.717) is 5.91 Å². The number of rotatable bonds is 5. The van der Waals surface area contributed by atoms with Crippen LogP contribution in [0.5, 0.6) is 0 Å². The lowest BCUT2D eigenvalue weighted by molar-refractivity contribution is -0.384. The van der Waals surface area contributed by atoms with Crippen molar-refractivity contribution in [3.63, 3.8) is 0 Å². The Morgan fingerprint density at radius 2 is 1.62 bits per heavy atom. The van der Waals surface area contributed by atoms with Crippen molar-refractivity contribution in [2.24, 2.45) is 5.92 Å². The molecule has 6 nitrogen and oxygen atoms in total. The Balaban J connectivity index is 1.42. The molecule has 1 amide bonds. The molecule has 0 aromatic heterocycles. The number of carbonyl (C=O) groups excluding carboxylic acids is 1. The van der Waals surface area contributed by atoms with Crippen molar-refractivity contribution in [3.8, 4) is 0 Å². The molecule has 0 spiro atoms. The van der Waals surface area contributed by atoms with Crippen LogP contribution >= 0.6 is 0 Å². The molecule has 6 heteroatoms. The third-order valence-electron chi connectivity index (χ3n) is 5.72. The van der Waals surface area contributed by atoms with Crippen molar-refractivity contribution >= 4 is 11.6 Å². The van der Waals surface area contributed by atoms with E-state index in [2.05, 4.69) is 9.80 Å². The smallest absolute Gasteiger partial charge is 0.269 e. The lowest BCUT2D eigenvalue weighted by Crippen LogP contribution is -2.43. The maximum Gasteiger partial charge on any atom is 0.269 e. The molecule has 0 saturated carbocycles. The van der Waals surface area contributed by atoms with Gasteiger partial charge in [0.15, 0.2) is 0 Å². The summed E-state index contributed by atoms with van der Waals surface area (Å²) in [6.07, 6.45) is 7.61. The van der Waals surface area contributed by atoms with E-state index < -0.39 is 0 Å². The van der Waals surface area contributed by atoms with Crippen LogP contribution in [0.15, 0.2) is 24.3 Å². The van der Waals surface area contributed by atoms with E-state index in [1.165, 1.54) is 12.8 Å². The van der Waals surface area contributed by atoms with Crippen molar-refractivity contribution in [3.05, 3.63) is 39.9 Å². The van der Waals surface area contributed by atoms with Gasteiger partial charge in [0.2, 0.25) is 5.91 Å². The first kappa shape index (κ1) is 18.8. The number of benzene rings is 1. The number of likely N-dealkylation sites (tertiary alicyclic amines) is 2. The Kier molecular flexibility index (Phi) is 6.61. The van der Waals surface area contributed by atoms with Gasteiger partial charge in [-0.2, -0.15) is 0 Å². The minimum absolute atomic E-state index is 0.140. The zero-order valence-electron chi connectivity index (χ0n) is 15.4. The maximum absolute atomic E-state index is 12.7. The number of non-ortho nitro benzene ring substituents is 1. The van der Waals surface area contributed by atoms with Crippen molar-refractivity contribution < 1.29 is 9.72 Å². The van der Waals surface area contributed by atoms with Gasteiger partial charge in [-0.05, 0) is 50.8 Å². The van der Waals surface area contributed by atoms with Crippen LogP contribution in [0.25, 0.3) is 0 Å². The first-order valence-corrected chi connectivity index (χ1v) is 9.88. The molecule has 0 radical (unpaired) electrons. The molecule has 2 saturated heterocycles. The van der Waals surface area contributed by atoms with Gasteiger partial charge in [-0.25, -0.2) is 0 Å². The number of nitro benzene ring substituents is 1. The van der Waals surface area contributed by atoms with Gasteiger partial charge in [0.05, 0.1) is 4.92 Å². The summed E-state index contributed by atoms with van der Waals surface area (Å²) >= 11 is 0. The molecule has 0 N–H and O–H groups in total. The molecule has 26 heavy (non-hydrogen) atoms. The minimum Gasteiger partial charge on any atom is -0.342 e. The third kappa shape index (κ3) is 5.04. The minimum atomic E-state index is -0.365. The van der Waals surface area contributed by atoms with Gasteiger partial charge in [-0.15, -0.1) is 0 Å². The summed E-state index contributed by atoms with van der Waals surface area (Å²) < 4.78 is 0. The summed E-state index contributed by atoms with van der Waals surface area (Å²) in [4.78, 5) is 27.6. The summed E-state index contributed by atoms with van der Waals surface area (Å²) in [7, 11) is 0. The molecule has 2 aliphatic heterocycles. The summed E-state index contributed by atoms with van der Waals surface area (Å²) in [6, 6.07) is 6.82. The van der Waals surface area contributed by atoms with E-state index in [0.717, 1.165) is 70.4 Å². The van der Waals surface area contributed by atoms with Crippen LogP contribution < -0.4 is 0 Å². The zero-order chi connectivity index (χ0) is 18.4. The molecule has 0 atom stereocenters. The van der Waals surface area contributed by atoms with Crippen molar-refractivity contribution in [2.75, 3.05) is 32.7 Å². The number of nitro groups is 1. The Morgan fingerprint density at radius 1 is 1.00 bits per heavy atom. The van der Waals surface area contributed by atoms with Gasteiger partial charge < -0.3 is 9.80 Å². The van der Waals surface area contributed by atoms with E-state index in [4.69, 9.17) is 0 Å². The van der Waals surface area contributed by atoms with E-state index >= 15 is 0 Å². The third-order valence-corrected chi connectivity index (χ3v) is 5.72. The quantitative estimate of drug-likeness (QED) is 0.598. The number of amides is 1. The maximum atomic E-state index is 12.7. The first-order valence-electron chi connectivity index (χ1n) is 9.88. The van der Waals surface area contributed by atoms with Crippen LogP contribution in [0.3, 0.4) is 0 Å². The van der Waals surface area contributed by atoms with Crippen LogP contribution in [0.4, 0.5) is 5.69 Å². The number of carbonyl (C=O) groups is 1.